The van der Waals surface area contributed by atoms with Gasteiger partial charge < -0.3 is 5.32 Å². The van der Waals surface area contributed by atoms with E-state index in [0.29, 0.717) is 11.3 Å². The third kappa shape index (κ3) is 4.51. The first-order chi connectivity index (χ1) is 15.4. The normalized spacial score (nSPS) is 18.5. The summed E-state index contributed by atoms with van der Waals surface area (Å²) in [6, 6.07) is 44.8. The molecule has 1 saturated heterocycles. The van der Waals surface area contributed by atoms with Crippen molar-refractivity contribution in [3.05, 3.63) is 121 Å². The Morgan fingerprint density at radius 1 is 0.419 bits per heavy atom. The van der Waals surface area contributed by atoms with Gasteiger partial charge in [-0.15, -0.1) is 0 Å². The molecule has 5 rings (SSSR count). The van der Waals surface area contributed by atoms with Crippen molar-refractivity contribution in [1.82, 2.24) is 5.32 Å². The summed E-state index contributed by atoms with van der Waals surface area (Å²) in [5.41, 5.74) is 1.21. The summed E-state index contributed by atoms with van der Waals surface area (Å²) in [7, 11) is -0.902. The molecule has 154 valence electrons. The maximum atomic E-state index is 3.79. The fraction of sp³-hybridized carbons (Fsp3) is 0.143. The van der Waals surface area contributed by atoms with Crippen molar-refractivity contribution in [1.29, 1.82) is 0 Å². The van der Waals surface area contributed by atoms with E-state index in [9.17, 15) is 0 Å². The number of rotatable bonds is 6. The van der Waals surface area contributed by atoms with Gasteiger partial charge in [0.25, 0.3) is 0 Å². The van der Waals surface area contributed by atoms with Crippen molar-refractivity contribution >= 4 is 37.1 Å². The lowest BCUT2D eigenvalue weighted by Crippen LogP contribution is -2.34. The number of hydrogen-bond donors (Lipinski definition) is 1. The summed E-state index contributed by atoms with van der Waals surface area (Å²) in [5.74, 6) is 0. The molecule has 0 amide bonds. The smallest absolute Gasteiger partial charge is 0.00822 e. The van der Waals surface area contributed by atoms with Gasteiger partial charge in [0.15, 0.2) is 0 Å². The minimum Gasteiger partial charge on any atom is -0.315 e. The second-order valence-electron chi connectivity index (χ2n) is 7.88. The van der Waals surface area contributed by atoms with E-state index in [1.807, 2.05) is 0 Å². The Hall–Kier alpha value is -2.30. The Bertz CT molecular complexity index is 903. The highest BCUT2D eigenvalue weighted by atomic mass is 31.1. The van der Waals surface area contributed by atoms with E-state index in [1.54, 1.807) is 0 Å². The van der Waals surface area contributed by atoms with Crippen LogP contribution in [0.2, 0.25) is 0 Å². The zero-order chi connectivity index (χ0) is 20.9. The van der Waals surface area contributed by atoms with Crippen LogP contribution in [-0.2, 0) is 0 Å². The molecule has 1 aliphatic heterocycles. The summed E-state index contributed by atoms with van der Waals surface area (Å²) in [5, 5.41) is 9.73. The van der Waals surface area contributed by atoms with Crippen LogP contribution in [0.3, 0.4) is 0 Å². The molecule has 0 aromatic heterocycles. The van der Waals surface area contributed by atoms with Crippen LogP contribution in [-0.4, -0.2) is 24.4 Å². The van der Waals surface area contributed by atoms with Crippen LogP contribution in [0, 0.1) is 0 Å². The molecule has 4 aromatic rings. The minimum atomic E-state index is -0.451. The Kier molecular flexibility index (Phi) is 6.57. The summed E-state index contributed by atoms with van der Waals surface area (Å²) < 4.78 is 0. The average molecular weight is 439 g/mol. The van der Waals surface area contributed by atoms with E-state index in [0.717, 1.165) is 13.1 Å². The Balaban J connectivity index is 1.60. The van der Waals surface area contributed by atoms with Crippen LogP contribution in [0.25, 0.3) is 0 Å². The molecule has 0 aliphatic carbocycles. The summed E-state index contributed by atoms with van der Waals surface area (Å²) in [6.45, 7) is 2.16. The Labute approximate surface area is 188 Å². The van der Waals surface area contributed by atoms with Gasteiger partial charge in [0.05, 0.1) is 0 Å². The van der Waals surface area contributed by atoms with Gasteiger partial charge in [-0.3, -0.25) is 0 Å². The molecule has 1 aliphatic rings. The van der Waals surface area contributed by atoms with Gasteiger partial charge in [0.1, 0.15) is 0 Å². The molecule has 31 heavy (non-hydrogen) atoms. The van der Waals surface area contributed by atoms with Crippen LogP contribution in [0.5, 0.6) is 0 Å². The molecule has 1 nitrogen and oxygen atoms in total. The zero-order valence-electron chi connectivity index (χ0n) is 17.5. The first-order valence-electron chi connectivity index (χ1n) is 10.9. The standard InChI is InChI=1S/C28H27NP2/c1-5-13-23(14-6-1)30(24-15-7-2-8-16-24)27-21-29-22-28(27)31(25-17-9-3-10-18-25)26-19-11-4-12-20-26/h1-20,27-29H,21-22H2/t27-,28-/m0/s1. The van der Waals surface area contributed by atoms with E-state index >= 15 is 0 Å². The Morgan fingerprint density at radius 2 is 0.677 bits per heavy atom. The molecule has 2 atom stereocenters. The molecular weight excluding hydrogens is 412 g/mol. The molecule has 0 bridgehead atoms. The summed E-state index contributed by atoms with van der Waals surface area (Å²) in [4.78, 5) is 0. The predicted molar refractivity (Wildman–Crippen MR) is 139 cm³/mol. The van der Waals surface area contributed by atoms with E-state index < -0.39 is 15.8 Å². The molecular formula is C28H27NP2. The second-order valence-corrected chi connectivity index (χ2v) is 12.7. The summed E-state index contributed by atoms with van der Waals surface area (Å²) in [6.07, 6.45) is 0. The van der Waals surface area contributed by atoms with Crippen LogP contribution >= 0.6 is 15.8 Å². The molecule has 1 N–H and O–H groups in total. The van der Waals surface area contributed by atoms with Crippen molar-refractivity contribution in [2.24, 2.45) is 0 Å². The third-order valence-electron chi connectivity index (χ3n) is 5.95. The van der Waals surface area contributed by atoms with Gasteiger partial charge in [0.2, 0.25) is 0 Å². The van der Waals surface area contributed by atoms with Gasteiger partial charge in [0, 0.05) is 24.4 Å². The number of benzene rings is 4. The largest absolute Gasteiger partial charge is 0.315 e. The zero-order valence-corrected chi connectivity index (χ0v) is 19.3. The monoisotopic (exact) mass is 439 g/mol. The van der Waals surface area contributed by atoms with Crippen molar-refractivity contribution in [2.75, 3.05) is 13.1 Å². The molecule has 0 radical (unpaired) electrons. The molecule has 1 fully saturated rings. The van der Waals surface area contributed by atoms with E-state index in [2.05, 4.69) is 127 Å². The van der Waals surface area contributed by atoms with Gasteiger partial charge in [-0.25, -0.2) is 0 Å². The van der Waals surface area contributed by atoms with Gasteiger partial charge in [-0.05, 0) is 37.1 Å². The molecule has 1 heterocycles. The molecule has 0 spiro atoms. The molecule has 0 saturated carbocycles. The lowest BCUT2D eigenvalue weighted by molar-refractivity contribution is 0.859. The number of nitrogens with one attached hydrogen (secondary N) is 1. The second kappa shape index (κ2) is 9.88. The van der Waals surface area contributed by atoms with E-state index in [-0.39, 0.29) is 0 Å². The first-order valence-corrected chi connectivity index (χ1v) is 13.7. The van der Waals surface area contributed by atoms with Gasteiger partial charge >= 0.3 is 0 Å². The van der Waals surface area contributed by atoms with Crippen LogP contribution in [0.15, 0.2) is 121 Å². The number of hydrogen-bond acceptors (Lipinski definition) is 1. The lowest BCUT2D eigenvalue weighted by Gasteiger charge is -2.34. The van der Waals surface area contributed by atoms with Crippen molar-refractivity contribution in [2.45, 2.75) is 11.3 Å². The van der Waals surface area contributed by atoms with Crippen molar-refractivity contribution in [3.8, 4) is 0 Å². The third-order valence-corrected chi connectivity index (χ3v) is 12.0. The fourth-order valence-electron chi connectivity index (χ4n) is 4.60. The minimum absolute atomic E-state index is 0.451. The maximum Gasteiger partial charge on any atom is 0.00822 e. The van der Waals surface area contributed by atoms with Crippen molar-refractivity contribution in [3.63, 3.8) is 0 Å². The topological polar surface area (TPSA) is 12.0 Å². The van der Waals surface area contributed by atoms with Crippen LogP contribution < -0.4 is 26.5 Å². The molecule has 0 unspecified atom stereocenters. The highest BCUT2D eigenvalue weighted by Crippen LogP contribution is 2.52. The van der Waals surface area contributed by atoms with E-state index in [1.165, 1.54) is 21.2 Å². The lowest BCUT2D eigenvalue weighted by atomic mass is 10.3. The van der Waals surface area contributed by atoms with Crippen LogP contribution in [0.4, 0.5) is 0 Å². The Morgan fingerprint density at radius 3 is 0.935 bits per heavy atom. The first kappa shape index (κ1) is 20.6. The molecule has 3 heteroatoms. The highest BCUT2D eigenvalue weighted by molar-refractivity contribution is 7.77. The van der Waals surface area contributed by atoms with Crippen LogP contribution in [0.1, 0.15) is 0 Å². The predicted octanol–water partition coefficient (Wildman–Crippen LogP) is 4.59. The fourth-order valence-corrected chi connectivity index (χ4v) is 11.0. The maximum absolute atomic E-state index is 3.79. The van der Waals surface area contributed by atoms with E-state index in [4.69, 9.17) is 0 Å². The quantitative estimate of drug-likeness (QED) is 0.434. The average Bonchev–Trinajstić information content (AvgIpc) is 3.31. The van der Waals surface area contributed by atoms with Gasteiger partial charge in [-0.2, -0.15) is 0 Å². The highest BCUT2D eigenvalue weighted by Gasteiger charge is 2.40. The van der Waals surface area contributed by atoms with Gasteiger partial charge in [-0.1, -0.05) is 121 Å². The molecule has 4 aromatic carbocycles. The van der Waals surface area contributed by atoms with Crippen molar-refractivity contribution < 1.29 is 0 Å². The summed E-state index contributed by atoms with van der Waals surface area (Å²) >= 11 is 0. The SMILES string of the molecule is c1ccc(P(c2ccccc2)[C@H]2CNC[C@@H]2P(c2ccccc2)c2ccccc2)cc1.